The van der Waals surface area contributed by atoms with E-state index in [0.29, 0.717) is 22.4 Å². The Morgan fingerprint density at radius 2 is 1.57 bits per heavy atom. The molecule has 2 aromatic heterocycles. The molecule has 0 radical (unpaired) electrons. The second kappa shape index (κ2) is 8.76. The molecule has 35 heavy (non-hydrogen) atoms. The van der Waals surface area contributed by atoms with Crippen LogP contribution in [0, 0.1) is 0 Å². The SMILES string of the molecule is CN(CCC(c1ccccc1)c1cc(N)nc2n[nH]nc12)C12CCC(c3ccccc3)(CC1)CC2. The number of aromatic amines is 1. The Kier molecular flexibility index (Phi) is 5.56. The molecule has 6 heteroatoms. The first-order valence-electron chi connectivity index (χ1n) is 12.9. The molecule has 0 spiro atoms. The van der Waals surface area contributed by atoms with Crippen LogP contribution in [-0.4, -0.2) is 44.4 Å². The van der Waals surface area contributed by atoms with Gasteiger partial charge < -0.3 is 10.6 Å². The van der Waals surface area contributed by atoms with Crippen molar-refractivity contribution in [2.75, 3.05) is 19.3 Å². The van der Waals surface area contributed by atoms with Gasteiger partial charge in [-0.25, -0.2) is 4.98 Å². The molecule has 3 fully saturated rings. The van der Waals surface area contributed by atoms with E-state index < -0.39 is 0 Å². The highest BCUT2D eigenvalue weighted by molar-refractivity contribution is 5.77. The predicted molar refractivity (Wildman–Crippen MR) is 140 cm³/mol. The standard InChI is InChI=1S/C29H34N6/c1-35(29-16-13-28(14-17-29,15-18-29)22-10-6-3-7-11-22)19-12-23(21-8-4-2-5-9-21)24-20-25(30)31-27-26(24)32-34-33-27/h2-11,20,23H,12-19H2,1H3,(H3,30,31,32,33,34). The van der Waals surface area contributed by atoms with E-state index in [0.717, 1.165) is 24.0 Å². The minimum atomic E-state index is 0.184. The van der Waals surface area contributed by atoms with E-state index in [9.17, 15) is 0 Å². The Bertz CT molecular complexity index is 1270. The lowest BCUT2D eigenvalue weighted by Crippen LogP contribution is -2.56. The van der Waals surface area contributed by atoms with Crippen molar-refractivity contribution in [3.8, 4) is 0 Å². The highest BCUT2D eigenvalue weighted by Gasteiger charge is 2.50. The molecule has 1 atom stereocenters. The van der Waals surface area contributed by atoms with E-state index in [-0.39, 0.29) is 5.92 Å². The average Bonchev–Trinajstić information content (AvgIpc) is 3.39. The number of anilines is 1. The summed E-state index contributed by atoms with van der Waals surface area (Å²) < 4.78 is 0. The Hall–Kier alpha value is -3.25. The van der Waals surface area contributed by atoms with E-state index in [1.165, 1.54) is 44.1 Å². The van der Waals surface area contributed by atoms with Gasteiger partial charge in [0.05, 0.1) is 0 Å². The maximum Gasteiger partial charge on any atom is 0.203 e. The first-order chi connectivity index (χ1) is 17.1. The highest BCUT2D eigenvalue weighted by Crippen LogP contribution is 2.55. The van der Waals surface area contributed by atoms with Crippen molar-refractivity contribution in [1.82, 2.24) is 25.3 Å². The minimum absolute atomic E-state index is 0.184. The molecule has 7 rings (SSSR count). The summed E-state index contributed by atoms with van der Waals surface area (Å²) in [6.07, 6.45) is 8.73. The largest absolute Gasteiger partial charge is 0.384 e. The van der Waals surface area contributed by atoms with E-state index in [1.54, 1.807) is 5.56 Å². The highest BCUT2D eigenvalue weighted by atomic mass is 15.3. The maximum absolute atomic E-state index is 6.18. The molecule has 180 valence electrons. The zero-order chi connectivity index (χ0) is 23.9. The molecule has 3 N–H and O–H groups in total. The molecule has 3 aliphatic rings. The number of fused-ring (bicyclic) bond motifs is 4. The molecular formula is C29H34N6. The first-order valence-corrected chi connectivity index (χ1v) is 12.9. The fraction of sp³-hybridized carbons (Fsp3) is 0.414. The molecule has 0 aliphatic heterocycles. The molecule has 3 saturated carbocycles. The molecule has 2 aromatic carbocycles. The number of nitrogens with two attached hydrogens (primary N) is 1. The number of pyridine rings is 1. The molecule has 3 aliphatic carbocycles. The number of H-pyrrole nitrogens is 1. The quantitative estimate of drug-likeness (QED) is 0.379. The molecule has 0 saturated heterocycles. The van der Waals surface area contributed by atoms with Crippen molar-refractivity contribution in [3.63, 3.8) is 0 Å². The zero-order valence-electron chi connectivity index (χ0n) is 20.5. The van der Waals surface area contributed by atoms with Crippen LogP contribution < -0.4 is 5.73 Å². The van der Waals surface area contributed by atoms with Gasteiger partial charge in [0.25, 0.3) is 0 Å². The van der Waals surface area contributed by atoms with Crippen LogP contribution in [0.3, 0.4) is 0 Å². The fourth-order valence-electron chi connectivity index (χ4n) is 6.85. The number of nitrogens with zero attached hydrogens (tertiary/aromatic N) is 4. The fourth-order valence-corrected chi connectivity index (χ4v) is 6.85. The third-order valence-corrected chi connectivity index (χ3v) is 9.07. The van der Waals surface area contributed by atoms with Crippen molar-refractivity contribution >= 4 is 17.0 Å². The van der Waals surface area contributed by atoms with Gasteiger partial charge in [-0.15, -0.1) is 5.10 Å². The van der Waals surface area contributed by atoms with Crippen molar-refractivity contribution in [3.05, 3.63) is 83.4 Å². The minimum Gasteiger partial charge on any atom is -0.384 e. The molecule has 0 amide bonds. The molecule has 2 bridgehead atoms. The van der Waals surface area contributed by atoms with Crippen molar-refractivity contribution in [1.29, 1.82) is 0 Å². The maximum atomic E-state index is 6.18. The van der Waals surface area contributed by atoms with E-state index in [4.69, 9.17) is 5.73 Å². The van der Waals surface area contributed by atoms with Gasteiger partial charge in [0.1, 0.15) is 11.3 Å². The summed E-state index contributed by atoms with van der Waals surface area (Å²) in [7, 11) is 2.34. The van der Waals surface area contributed by atoms with Crippen LogP contribution in [0.5, 0.6) is 0 Å². The van der Waals surface area contributed by atoms with Crippen LogP contribution in [0.2, 0.25) is 0 Å². The van der Waals surface area contributed by atoms with Crippen molar-refractivity contribution in [2.24, 2.45) is 0 Å². The van der Waals surface area contributed by atoms with E-state index in [2.05, 4.69) is 93.0 Å². The number of rotatable bonds is 7. The molecule has 2 heterocycles. The van der Waals surface area contributed by atoms with Gasteiger partial charge in [0.15, 0.2) is 0 Å². The van der Waals surface area contributed by atoms with Crippen molar-refractivity contribution in [2.45, 2.75) is 61.8 Å². The summed E-state index contributed by atoms with van der Waals surface area (Å²) in [6, 6.07) is 23.9. The summed E-state index contributed by atoms with van der Waals surface area (Å²) in [5, 5.41) is 11.4. The van der Waals surface area contributed by atoms with E-state index >= 15 is 0 Å². The zero-order valence-corrected chi connectivity index (χ0v) is 20.5. The second-order valence-corrected chi connectivity index (χ2v) is 10.7. The molecule has 1 unspecified atom stereocenters. The van der Waals surface area contributed by atoms with Gasteiger partial charge >= 0.3 is 0 Å². The van der Waals surface area contributed by atoms with Crippen LogP contribution in [0.25, 0.3) is 11.2 Å². The first kappa shape index (κ1) is 22.2. The Labute approximate surface area is 206 Å². The van der Waals surface area contributed by atoms with Crippen LogP contribution in [-0.2, 0) is 5.41 Å². The van der Waals surface area contributed by atoms with Crippen LogP contribution in [0.1, 0.15) is 67.6 Å². The van der Waals surface area contributed by atoms with Gasteiger partial charge in [0.2, 0.25) is 5.65 Å². The van der Waals surface area contributed by atoms with Gasteiger partial charge in [-0.1, -0.05) is 60.7 Å². The van der Waals surface area contributed by atoms with Gasteiger partial charge in [-0.3, -0.25) is 0 Å². The number of nitrogen functional groups attached to an aromatic ring is 1. The average molecular weight is 467 g/mol. The van der Waals surface area contributed by atoms with Crippen LogP contribution in [0.15, 0.2) is 66.7 Å². The third kappa shape index (κ3) is 3.90. The Morgan fingerprint density at radius 1 is 0.914 bits per heavy atom. The summed E-state index contributed by atoms with van der Waals surface area (Å²) in [6.45, 7) is 1.03. The number of benzene rings is 2. The lowest BCUT2D eigenvalue weighted by molar-refractivity contribution is -0.0110. The number of aromatic nitrogens is 4. The number of hydrogen-bond donors (Lipinski definition) is 2. The van der Waals surface area contributed by atoms with Gasteiger partial charge in [-0.2, -0.15) is 10.3 Å². The smallest absolute Gasteiger partial charge is 0.203 e. The lowest BCUT2D eigenvalue weighted by atomic mass is 9.54. The van der Waals surface area contributed by atoms with Gasteiger partial charge in [0, 0.05) is 11.5 Å². The Morgan fingerprint density at radius 3 is 2.26 bits per heavy atom. The topological polar surface area (TPSA) is 83.7 Å². The number of nitrogens with one attached hydrogen (secondary N) is 1. The van der Waals surface area contributed by atoms with Crippen molar-refractivity contribution < 1.29 is 0 Å². The summed E-state index contributed by atoms with van der Waals surface area (Å²) >= 11 is 0. The third-order valence-electron chi connectivity index (χ3n) is 9.07. The summed E-state index contributed by atoms with van der Waals surface area (Å²) in [4.78, 5) is 7.03. The predicted octanol–water partition coefficient (Wildman–Crippen LogP) is 5.43. The monoisotopic (exact) mass is 466 g/mol. The Balaban J connectivity index is 1.23. The van der Waals surface area contributed by atoms with Gasteiger partial charge in [-0.05, 0) is 86.7 Å². The van der Waals surface area contributed by atoms with Crippen LogP contribution in [0.4, 0.5) is 5.82 Å². The molecule has 4 aromatic rings. The van der Waals surface area contributed by atoms with Crippen LogP contribution >= 0.6 is 0 Å². The number of hydrogen-bond acceptors (Lipinski definition) is 5. The lowest BCUT2D eigenvalue weighted by Gasteiger charge is -2.57. The van der Waals surface area contributed by atoms with E-state index in [1.807, 2.05) is 6.07 Å². The molecule has 6 nitrogen and oxygen atoms in total. The molecular weight excluding hydrogens is 432 g/mol. The second-order valence-electron chi connectivity index (χ2n) is 10.7. The summed E-state index contributed by atoms with van der Waals surface area (Å²) in [5.74, 6) is 0.676. The summed E-state index contributed by atoms with van der Waals surface area (Å²) in [5.41, 5.74) is 12.2. The normalized spacial score (nSPS) is 24.7.